The van der Waals surface area contributed by atoms with Crippen LogP contribution in [0.4, 0.5) is 11.4 Å². The molecule has 2 heterocycles. The molecular formula is C16H15N3O. The second-order valence-corrected chi connectivity index (χ2v) is 4.56. The lowest BCUT2D eigenvalue weighted by Crippen LogP contribution is -1.95. The Bertz CT molecular complexity index is 738. The first-order chi connectivity index (χ1) is 9.76. The van der Waals surface area contributed by atoms with Crippen LogP contribution in [0.25, 0.3) is 10.9 Å². The van der Waals surface area contributed by atoms with E-state index in [2.05, 4.69) is 15.3 Å². The number of hydrogen-bond acceptors (Lipinski definition) is 4. The van der Waals surface area contributed by atoms with E-state index in [0.29, 0.717) is 0 Å². The summed E-state index contributed by atoms with van der Waals surface area (Å²) < 4.78 is 5.15. The molecule has 0 amide bonds. The summed E-state index contributed by atoms with van der Waals surface area (Å²) in [6.45, 7) is 1.98. The fourth-order valence-electron chi connectivity index (χ4n) is 2.06. The predicted molar refractivity (Wildman–Crippen MR) is 80.6 cm³/mol. The molecule has 0 saturated carbocycles. The molecule has 0 aliphatic heterocycles. The molecule has 0 aliphatic rings. The van der Waals surface area contributed by atoms with E-state index in [4.69, 9.17) is 4.74 Å². The fourth-order valence-corrected chi connectivity index (χ4v) is 2.06. The number of methoxy groups -OCH3 is 1. The van der Waals surface area contributed by atoms with E-state index >= 15 is 0 Å². The second kappa shape index (κ2) is 5.17. The number of anilines is 2. The number of ether oxygens (including phenoxy) is 1. The van der Waals surface area contributed by atoms with Crippen LogP contribution in [-0.4, -0.2) is 17.1 Å². The van der Waals surface area contributed by atoms with Gasteiger partial charge in [-0.05, 0) is 43.3 Å². The topological polar surface area (TPSA) is 47.0 Å². The third kappa shape index (κ3) is 2.40. The quantitative estimate of drug-likeness (QED) is 0.784. The lowest BCUT2D eigenvalue weighted by molar-refractivity contribution is 0.415. The molecule has 0 bridgehead atoms. The zero-order chi connectivity index (χ0) is 13.9. The average molecular weight is 265 g/mol. The van der Waals surface area contributed by atoms with Crippen LogP contribution in [0, 0.1) is 6.92 Å². The van der Waals surface area contributed by atoms with Gasteiger partial charge in [0.15, 0.2) is 0 Å². The molecule has 100 valence electrons. The number of rotatable bonds is 3. The predicted octanol–water partition coefficient (Wildman–Crippen LogP) is 3.69. The standard InChI is InChI=1S/C16H15N3O/c1-11-3-4-12-9-17-10-15(16(12)18-11)19-13-5-7-14(20-2)8-6-13/h3-10,19H,1-2H3. The van der Waals surface area contributed by atoms with Gasteiger partial charge in [-0.1, -0.05) is 0 Å². The Balaban J connectivity index is 1.99. The summed E-state index contributed by atoms with van der Waals surface area (Å²) >= 11 is 0. The SMILES string of the molecule is COc1ccc(Nc2cncc3ccc(C)nc23)cc1. The van der Waals surface area contributed by atoms with Crippen molar-refractivity contribution in [1.29, 1.82) is 0 Å². The molecule has 1 aromatic carbocycles. The highest BCUT2D eigenvalue weighted by atomic mass is 16.5. The van der Waals surface area contributed by atoms with Gasteiger partial charge in [0.05, 0.1) is 24.5 Å². The summed E-state index contributed by atoms with van der Waals surface area (Å²) in [5, 5.41) is 4.37. The van der Waals surface area contributed by atoms with E-state index < -0.39 is 0 Å². The van der Waals surface area contributed by atoms with E-state index in [1.165, 1.54) is 0 Å². The van der Waals surface area contributed by atoms with E-state index in [1.807, 2.05) is 49.5 Å². The first kappa shape index (κ1) is 12.4. The molecule has 0 atom stereocenters. The molecule has 4 nitrogen and oxygen atoms in total. The average Bonchev–Trinajstić information content (AvgIpc) is 2.49. The molecule has 0 fully saturated rings. The molecule has 0 aliphatic carbocycles. The Kier molecular flexibility index (Phi) is 3.21. The van der Waals surface area contributed by atoms with Gasteiger partial charge in [0.2, 0.25) is 0 Å². The number of benzene rings is 1. The van der Waals surface area contributed by atoms with E-state index in [0.717, 1.165) is 33.7 Å². The molecule has 3 rings (SSSR count). The molecule has 0 radical (unpaired) electrons. The van der Waals surface area contributed by atoms with Crippen LogP contribution in [0.5, 0.6) is 5.75 Å². The summed E-state index contributed by atoms with van der Waals surface area (Å²) in [5.74, 6) is 0.834. The maximum atomic E-state index is 5.15. The molecule has 0 spiro atoms. The minimum absolute atomic E-state index is 0.834. The maximum absolute atomic E-state index is 5.15. The van der Waals surface area contributed by atoms with Crippen molar-refractivity contribution in [2.75, 3.05) is 12.4 Å². The van der Waals surface area contributed by atoms with Crippen LogP contribution in [0.15, 0.2) is 48.8 Å². The molecular weight excluding hydrogens is 250 g/mol. The van der Waals surface area contributed by atoms with Gasteiger partial charge in [-0.25, -0.2) is 0 Å². The van der Waals surface area contributed by atoms with Gasteiger partial charge in [0.25, 0.3) is 0 Å². The highest BCUT2D eigenvalue weighted by molar-refractivity contribution is 5.91. The Morgan fingerprint density at radius 3 is 2.55 bits per heavy atom. The lowest BCUT2D eigenvalue weighted by atomic mass is 10.2. The summed E-state index contributed by atoms with van der Waals surface area (Å²) in [6, 6.07) is 11.8. The molecule has 0 unspecified atom stereocenters. The van der Waals surface area contributed by atoms with Crippen molar-refractivity contribution < 1.29 is 4.74 Å². The van der Waals surface area contributed by atoms with Crippen LogP contribution in [-0.2, 0) is 0 Å². The minimum atomic E-state index is 0.834. The molecule has 1 N–H and O–H groups in total. The number of nitrogens with one attached hydrogen (secondary N) is 1. The van der Waals surface area contributed by atoms with Gasteiger partial charge >= 0.3 is 0 Å². The van der Waals surface area contributed by atoms with E-state index in [-0.39, 0.29) is 0 Å². The van der Waals surface area contributed by atoms with Crippen molar-refractivity contribution in [3.63, 3.8) is 0 Å². The van der Waals surface area contributed by atoms with Crippen molar-refractivity contribution in [2.24, 2.45) is 0 Å². The van der Waals surface area contributed by atoms with Crippen LogP contribution >= 0.6 is 0 Å². The Labute approximate surface area is 117 Å². The van der Waals surface area contributed by atoms with Crippen molar-refractivity contribution in [1.82, 2.24) is 9.97 Å². The van der Waals surface area contributed by atoms with Crippen LogP contribution < -0.4 is 10.1 Å². The molecule has 2 aromatic heterocycles. The zero-order valence-electron chi connectivity index (χ0n) is 11.4. The highest BCUT2D eigenvalue weighted by Gasteiger charge is 2.04. The third-order valence-corrected chi connectivity index (χ3v) is 3.11. The Morgan fingerprint density at radius 1 is 1.00 bits per heavy atom. The van der Waals surface area contributed by atoms with Crippen molar-refractivity contribution in [3.8, 4) is 5.75 Å². The number of pyridine rings is 2. The maximum Gasteiger partial charge on any atom is 0.119 e. The summed E-state index contributed by atoms with van der Waals surface area (Å²) in [5.41, 5.74) is 3.79. The van der Waals surface area contributed by atoms with Gasteiger partial charge in [-0.2, -0.15) is 0 Å². The number of aromatic nitrogens is 2. The number of fused-ring (bicyclic) bond motifs is 1. The lowest BCUT2D eigenvalue weighted by Gasteiger charge is -2.09. The van der Waals surface area contributed by atoms with Gasteiger partial charge in [0.1, 0.15) is 5.75 Å². The zero-order valence-corrected chi connectivity index (χ0v) is 11.4. The van der Waals surface area contributed by atoms with Gasteiger partial charge in [-0.15, -0.1) is 0 Å². The number of nitrogens with zero attached hydrogens (tertiary/aromatic N) is 2. The monoisotopic (exact) mass is 265 g/mol. The summed E-state index contributed by atoms with van der Waals surface area (Å²) in [4.78, 5) is 8.82. The molecule has 0 saturated heterocycles. The minimum Gasteiger partial charge on any atom is -0.497 e. The Hall–Kier alpha value is -2.62. The van der Waals surface area contributed by atoms with Crippen LogP contribution in [0.2, 0.25) is 0 Å². The largest absolute Gasteiger partial charge is 0.497 e. The van der Waals surface area contributed by atoms with E-state index in [9.17, 15) is 0 Å². The molecule has 3 aromatic rings. The number of aryl methyl sites for hydroxylation is 1. The summed E-state index contributed by atoms with van der Waals surface area (Å²) in [7, 11) is 1.66. The molecule has 20 heavy (non-hydrogen) atoms. The van der Waals surface area contributed by atoms with Gasteiger partial charge < -0.3 is 10.1 Å². The van der Waals surface area contributed by atoms with Crippen LogP contribution in [0.1, 0.15) is 5.69 Å². The smallest absolute Gasteiger partial charge is 0.119 e. The van der Waals surface area contributed by atoms with Crippen molar-refractivity contribution >= 4 is 22.3 Å². The first-order valence-electron chi connectivity index (χ1n) is 6.39. The summed E-state index contributed by atoms with van der Waals surface area (Å²) in [6.07, 6.45) is 3.61. The fraction of sp³-hybridized carbons (Fsp3) is 0.125. The molecule has 4 heteroatoms. The van der Waals surface area contributed by atoms with Gasteiger partial charge in [-0.3, -0.25) is 9.97 Å². The highest BCUT2D eigenvalue weighted by Crippen LogP contribution is 2.25. The number of hydrogen-bond donors (Lipinski definition) is 1. The van der Waals surface area contributed by atoms with Crippen molar-refractivity contribution in [3.05, 3.63) is 54.5 Å². The van der Waals surface area contributed by atoms with E-state index in [1.54, 1.807) is 13.3 Å². The first-order valence-corrected chi connectivity index (χ1v) is 6.39. The third-order valence-electron chi connectivity index (χ3n) is 3.11. The van der Waals surface area contributed by atoms with Crippen molar-refractivity contribution in [2.45, 2.75) is 6.92 Å². The van der Waals surface area contributed by atoms with Gasteiger partial charge in [0, 0.05) is 23.0 Å². The normalized spacial score (nSPS) is 10.5. The van der Waals surface area contributed by atoms with Crippen LogP contribution in [0.3, 0.4) is 0 Å². The Morgan fingerprint density at radius 2 is 1.80 bits per heavy atom. The second-order valence-electron chi connectivity index (χ2n) is 4.56.